The first-order chi connectivity index (χ1) is 18.1. The molecule has 3 heterocycles. The number of nitroso groups, excluding NO2 is 1. The van der Waals surface area contributed by atoms with Gasteiger partial charge < -0.3 is 9.30 Å². The van der Waals surface area contributed by atoms with Crippen LogP contribution in [0.2, 0.25) is 0 Å². The molecule has 6 atom stereocenters. The minimum absolute atomic E-state index is 0.00304. The first-order valence-electron chi connectivity index (χ1n) is 14.3. The van der Waals surface area contributed by atoms with Crippen LogP contribution in [0.15, 0.2) is 34.2 Å². The van der Waals surface area contributed by atoms with Crippen molar-refractivity contribution >= 4 is 17.0 Å². The molecule has 4 unspecified atom stereocenters. The van der Waals surface area contributed by atoms with E-state index < -0.39 is 12.0 Å². The molecule has 0 amide bonds. The fourth-order valence-electron chi connectivity index (χ4n) is 8.27. The highest BCUT2D eigenvalue weighted by Gasteiger charge is 2.45. The number of carbonyl (C=O) groups excluding carboxylic acids is 1. The van der Waals surface area contributed by atoms with Gasteiger partial charge in [0.25, 0.3) is 5.56 Å². The molecule has 4 fully saturated rings. The van der Waals surface area contributed by atoms with Crippen LogP contribution in [0.4, 0.5) is 0 Å². The monoisotopic (exact) mass is 506 g/mol. The highest BCUT2D eigenvalue weighted by molar-refractivity contribution is 5.79. The average molecular weight is 507 g/mol. The van der Waals surface area contributed by atoms with Crippen LogP contribution in [0.1, 0.15) is 95.3 Å². The van der Waals surface area contributed by atoms with Crippen molar-refractivity contribution in [2.75, 3.05) is 6.61 Å². The molecule has 4 aliphatic rings. The standard InChI is InChI=1S/C29H38N4O4/c1-2-37-29(35)27(31-36)26-28(34)33(25-12-4-3-11-24(25)30-26)23-16-20-9-6-10-21(17-23)32(20)22-14-18-7-5-8-19(13-18)15-22/h3-4,11-12,18-23,27H,2,5-10,13-17H2,1H3/t18?,19?,20-,21+,22?,23?,27?. The molecule has 0 N–H and O–H groups in total. The van der Waals surface area contributed by atoms with Crippen molar-refractivity contribution in [3.05, 3.63) is 45.2 Å². The summed E-state index contributed by atoms with van der Waals surface area (Å²) < 4.78 is 6.87. The number of carbonyl (C=O) groups is 1. The molecule has 2 saturated carbocycles. The van der Waals surface area contributed by atoms with Gasteiger partial charge in [0, 0.05) is 24.2 Å². The van der Waals surface area contributed by atoms with Crippen LogP contribution in [0, 0.1) is 16.7 Å². The summed E-state index contributed by atoms with van der Waals surface area (Å²) in [5.74, 6) is 0.959. The predicted octanol–water partition coefficient (Wildman–Crippen LogP) is 5.29. The van der Waals surface area contributed by atoms with Crippen LogP contribution >= 0.6 is 0 Å². The van der Waals surface area contributed by atoms with Crippen LogP contribution in [0.25, 0.3) is 11.0 Å². The Morgan fingerprint density at radius 1 is 0.973 bits per heavy atom. The van der Waals surface area contributed by atoms with E-state index in [-0.39, 0.29) is 23.9 Å². The Morgan fingerprint density at radius 3 is 2.32 bits per heavy atom. The van der Waals surface area contributed by atoms with Gasteiger partial charge in [0.1, 0.15) is 5.69 Å². The smallest absolute Gasteiger partial charge is 0.341 e. The van der Waals surface area contributed by atoms with Gasteiger partial charge in [-0.25, -0.2) is 9.78 Å². The minimum Gasteiger partial charge on any atom is -0.464 e. The third-order valence-electron chi connectivity index (χ3n) is 9.59. The summed E-state index contributed by atoms with van der Waals surface area (Å²) in [7, 11) is 0. The molecule has 2 aliphatic heterocycles. The molecule has 8 heteroatoms. The third kappa shape index (κ3) is 4.51. The number of nitrogens with zero attached hydrogens (tertiary/aromatic N) is 4. The number of piperidine rings is 2. The van der Waals surface area contributed by atoms with E-state index in [1.807, 2.05) is 28.8 Å². The Labute approximate surface area is 217 Å². The van der Waals surface area contributed by atoms with E-state index >= 15 is 0 Å². The van der Waals surface area contributed by atoms with E-state index in [0.717, 1.165) is 30.2 Å². The van der Waals surface area contributed by atoms with Crippen molar-refractivity contribution in [1.29, 1.82) is 0 Å². The summed E-state index contributed by atoms with van der Waals surface area (Å²) >= 11 is 0. The lowest BCUT2D eigenvalue weighted by Crippen LogP contribution is -2.58. The second kappa shape index (κ2) is 10.3. The molecule has 1 aromatic heterocycles. The molecular weight excluding hydrogens is 468 g/mol. The van der Waals surface area contributed by atoms with Crippen LogP contribution in [0.3, 0.4) is 0 Å². The summed E-state index contributed by atoms with van der Waals surface area (Å²) in [6.07, 6.45) is 13.7. The summed E-state index contributed by atoms with van der Waals surface area (Å²) in [4.78, 5) is 45.4. The molecule has 2 saturated heterocycles. The fraction of sp³-hybridized carbons (Fsp3) is 0.690. The molecule has 37 heavy (non-hydrogen) atoms. The van der Waals surface area contributed by atoms with Crippen molar-refractivity contribution in [2.45, 2.75) is 108 Å². The van der Waals surface area contributed by atoms with Gasteiger partial charge in [0.15, 0.2) is 0 Å². The maximum atomic E-state index is 13.9. The largest absolute Gasteiger partial charge is 0.464 e. The number of hydrogen-bond acceptors (Lipinski definition) is 7. The van der Waals surface area contributed by atoms with Gasteiger partial charge in [0.2, 0.25) is 6.04 Å². The minimum atomic E-state index is -1.55. The van der Waals surface area contributed by atoms with Crippen LogP contribution < -0.4 is 5.56 Å². The maximum Gasteiger partial charge on any atom is 0.341 e. The average Bonchev–Trinajstić information content (AvgIpc) is 2.88. The van der Waals surface area contributed by atoms with Gasteiger partial charge in [-0.05, 0) is 81.0 Å². The van der Waals surface area contributed by atoms with E-state index in [4.69, 9.17) is 4.74 Å². The van der Waals surface area contributed by atoms with Crippen molar-refractivity contribution in [3.8, 4) is 0 Å². The Balaban J connectivity index is 1.35. The van der Waals surface area contributed by atoms with Gasteiger partial charge in [-0.3, -0.25) is 9.69 Å². The lowest BCUT2D eigenvalue weighted by atomic mass is 9.68. The number of para-hydroxylation sites is 2. The number of aromatic nitrogens is 2. The summed E-state index contributed by atoms with van der Waals surface area (Å²) in [5, 5.41) is 2.98. The lowest BCUT2D eigenvalue weighted by Gasteiger charge is -2.55. The quantitative estimate of drug-likeness (QED) is 0.390. The van der Waals surface area contributed by atoms with Gasteiger partial charge in [0.05, 0.1) is 17.6 Å². The number of rotatable bonds is 6. The summed E-state index contributed by atoms with van der Waals surface area (Å²) in [6.45, 7) is 1.77. The second-order valence-corrected chi connectivity index (χ2v) is 11.8. The third-order valence-corrected chi connectivity index (χ3v) is 9.59. The summed E-state index contributed by atoms with van der Waals surface area (Å²) in [6, 6.07) is 7.59. The van der Waals surface area contributed by atoms with E-state index in [0.29, 0.717) is 23.6 Å². The van der Waals surface area contributed by atoms with Gasteiger partial charge >= 0.3 is 5.97 Å². The van der Waals surface area contributed by atoms with E-state index in [2.05, 4.69) is 15.1 Å². The zero-order chi connectivity index (χ0) is 25.5. The highest BCUT2D eigenvalue weighted by Crippen LogP contribution is 2.47. The zero-order valence-electron chi connectivity index (χ0n) is 21.8. The van der Waals surface area contributed by atoms with Gasteiger partial charge in [-0.1, -0.05) is 37.8 Å². The molecule has 0 radical (unpaired) electrons. The molecule has 8 nitrogen and oxygen atoms in total. The molecule has 2 aliphatic carbocycles. The molecule has 198 valence electrons. The SMILES string of the molecule is CCOC(=O)C(N=O)c1nc2ccccc2n(C2C[C@H]3CCC[C@@H](C2)N3C2CC3CCCC(C3)C2)c1=O. The molecule has 1 aromatic carbocycles. The molecule has 4 bridgehead atoms. The maximum absolute atomic E-state index is 13.9. The normalized spacial score (nSPS) is 32.6. The van der Waals surface area contributed by atoms with Crippen molar-refractivity contribution in [3.63, 3.8) is 0 Å². The molecule has 2 aromatic rings. The Bertz CT molecular complexity index is 1200. The first kappa shape index (κ1) is 24.7. The van der Waals surface area contributed by atoms with Crippen LogP contribution in [0.5, 0.6) is 0 Å². The van der Waals surface area contributed by atoms with E-state index in [1.165, 1.54) is 57.8 Å². The highest BCUT2D eigenvalue weighted by atomic mass is 16.5. The Morgan fingerprint density at radius 2 is 1.65 bits per heavy atom. The van der Waals surface area contributed by atoms with E-state index in [1.54, 1.807) is 6.92 Å². The number of hydrogen-bond donors (Lipinski definition) is 0. The fourth-order valence-corrected chi connectivity index (χ4v) is 8.27. The summed E-state index contributed by atoms with van der Waals surface area (Å²) in [5.41, 5.74) is 0.844. The van der Waals surface area contributed by atoms with Crippen molar-refractivity contribution < 1.29 is 9.53 Å². The van der Waals surface area contributed by atoms with Gasteiger partial charge in [-0.2, -0.15) is 0 Å². The lowest BCUT2D eigenvalue weighted by molar-refractivity contribution is -0.144. The Hall–Kier alpha value is -2.61. The van der Waals surface area contributed by atoms with E-state index in [9.17, 15) is 14.5 Å². The Kier molecular flexibility index (Phi) is 6.86. The molecule has 6 rings (SSSR count). The molecular formula is C29H38N4O4. The van der Waals surface area contributed by atoms with Gasteiger partial charge in [-0.15, -0.1) is 4.91 Å². The number of ether oxygens (including phenoxy) is 1. The predicted molar refractivity (Wildman–Crippen MR) is 141 cm³/mol. The topological polar surface area (TPSA) is 93.9 Å². The number of esters is 1. The number of fused-ring (bicyclic) bond motifs is 5. The van der Waals surface area contributed by atoms with Crippen LogP contribution in [-0.4, -0.2) is 45.2 Å². The van der Waals surface area contributed by atoms with Crippen molar-refractivity contribution in [1.82, 2.24) is 14.5 Å². The van der Waals surface area contributed by atoms with Crippen LogP contribution in [-0.2, 0) is 9.53 Å². The first-order valence-corrected chi connectivity index (χ1v) is 14.3. The van der Waals surface area contributed by atoms with Crippen molar-refractivity contribution in [2.24, 2.45) is 17.0 Å². The zero-order valence-corrected chi connectivity index (χ0v) is 21.8. The molecule has 0 spiro atoms. The second-order valence-electron chi connectivity index (χ2n) is 11.8. The number of benzene rings is 1.